The zero-order chi connectivity index (χ0) is 19.3. The Bertz CT molecular complexity index is 781. The molecule has 2 aromatic carbocycles. The molecule has 0 saturated carbocycles. The minimum Gasteiger partial charge on any atom is -0.497 e. The molecule has 0 bridgehead atoms. The van der Waals surface area contributed by atoms with Crippen LogP contribution in [-0.2, 0) is 0 Å². The van der Waals surface area contributed by atoms with E-state index in [2.05, 4.69) is 29.2 Å². The van der Waals surface area contributed by atoms with E-state index in [1.165, 1.54) is 29.2 Å². The molecular formula is C22H26N2O2S2. The molecule has 0 spiro atoms. The number of nitrogens with zero attached hydrogens (tertiary/aromatic N) is 2. The van der Waals surface area contributed by atoms with Crippen molar-refractivity contribution in [3.8, 4) is 5.75 Å². The summed E-state index contributed by atoms with van der Waals surface area (Å²) < 4.78 is 5.75. The Balaban J connectivity index is 1.34. The summed E-state index contributed by atoms with van der Waals surface area (Å²) in [6.07, 6.45) is 1.30. The van der Waals surface area contributed by atoms with Crippen molar-refractivity contribution >= 4 is 35.1 Å². The van der Waals surface area contributed by atoms with Crippen molar-refractivity contribution in [3.63, 3.8) is 0 Å². The van der Waals surface area contributed by atoms with E-state index in [0.29, 0.717) is 4.58 Å². The highest BCUT2D eigenvalue weighted by Crippen LogP contribution is 2.43. The SMILES string of the molecule is COc1ccc(N2CCN(C(=O)c3ccc(C4SCCCS4)cc3)CC2)cc1. The van der Waals surface area contributed by atoms with Crippen LogP contribution >= 0.6 is 23.5 Å². The molecule has 0 radical (unpaired) electrons. The number of piperazine rings is 1. The van der Waals surface area contributed by atoms with Gasteiger partial charge in [0.25, 0.3) is 5.91 Å². The fourth-order valence-electron chi connectivity index (χ4n) is 3.61. The van der Waals surface area contributed by atoms with Crippen LogP contribution in [0.1, 0.15) is 26.9 Å². The van der Waals surface area contributed by atoms with E-state index in [-0.39, 0.29) is 5.91 Å². The van der Waals surface area contributed by atoms with Gasteiger partial charge in [-0.2, -0.15) is 0 Å². The van der Waals surface area contributed by atoms with Crippen LogP contribution in [0.2, 0.25) is 0 Å². The van der Waals surface area contributed by atoms with E-state index in [0.717, 1.165) is 37.5 Å². The second-order valence-electron chi connectivity index (χ2n) is 7.03. The minimum absolute atomic E-state index is 0.143. The minimum atomic E-state index is 0.143. The lowest BCUT2D eigenvalue weighted by Gasteiger charge is -2.36. The third-order valence-corrected chi connectivity index (χ3v) is 8.28. The predicted octanol–water partition coefficient (Wildman–Crippen LogP) is 4.53. The van der Waals surface area contributed by atoms with Crippen molar-refractivity contribution in [2.24, 2.45) is 0 Å². The summed E-state index contributed by atoms with van der Waals surface area (Å²) >= 11 is 4.03. The topological polar surface area (TPSA) is 32.8 Å². The molecule has 6 heteroatoms. The highest BCUT2D eigenvalue weighted by molar-refractivity contribution is 8.16. The number of carbonyl (C=O) groups is 1. The standard InChI is InChI=1S/C22H26N2O2S2/c1-26-20-9-7-19(8-10-20)23-11-13-24(14-12-23)21(25)17-3-5-18(6-4-17)22-27-15-2-16-28-22/h3-10,22H,2,11-16H2,1H3. The Morgan fingerprint density at radius 3 is 2.18 bits per heavy atom. The van der Waals surface area contributed by atoms with Crippen molar-refractivity contribution < 1.29 is 9.53 Å². The van der Waals surface area contributed by atoms with Gasteiger partial charge in [0.15, 0.2) is 0 Å². The largest absolute Gasteiger partial charge is 0.497 e. The van der Waals surface area contributed by atoms with Gasteiger partial charge in [0, 0.05) is 37.4 Å². The van der Waals surface area contributed by atoms with Crippen LogP contribution in [0.25, 0.3) is 0 Å². The van der Waals surface area contributed by atoms with Crippen LogP contribution in [0.4, 0.5) is 5.69 Å². The molecule has 1 amide bonds. The number of hydrogen-bond acceptors (Lipinski definition) is 5. The molecule has 2 aliphatic heterocycles. The number of benzene rings is 2. The molecule has 148 valence electrons. The third kappa shape index (κ3) is 4.44. The number of amides is 1. The van der Waals surface area contributed by atoms with Crippen LogP contribution < -0.4 is 9.64 Å². The van der Waals surface area contributed by atoms with Gasteiger partial charge in [0.05, 0.1) is 11.7 Å². The van der Waals surface area contributed by atoms with Crippen molar-refractivity contribution in [2.45, 2.75) is 11.0 Å². The number of hydrogen-bond donors (Lipinski definition) is 0. The van der Waals surface area contributed by atoms with E-state index < -0.39 is 0 Å². The normalized spacial score (nSPS) is 18.2. The molecule has 0 atom stereocenters. The van der Waals surface area contributed by atoms with Gasteiger partial charge in [-0.1, -0.05) is 12.1 Å². The Kier molecular flexibility index (Phi) is 6.37. The first-order valence-electron chi connectivity index (χ1n) is 9.76. The second kappa shape index (κ2) is 9.14. The Labute approximate surface area is 175 Å². The van der Waals surface area contributed by atoms with Gasteiger partial charge in [-0.25, -0.2) is 0 Å². The van der Waals surface area contributed by atoms with Gasteiger partial charge in [-0.05, 0) is 59.9 Å². The fourth-order valence-corrected chi connectivity index (χ4v) is 6.50. The molecule has 0 aromatic heterocycles. The summed E-state index contributed by atoms with van der Waals surface area (Å²) in [7, 11) is 1.68. The number of methoxy groups -OCH3 is 1. The Morgan fingerprint density at radius 1 is 0.929 bits per heavy atom. The lowest BCUT2D eigenvalue weighted by atomic mass is 10.1. The predicted molar refractivity (Wildman–Crippen MR) is 120 cm³/mol. The number of anilines is 1. The van der Waals surface area contributed by atoms with E-state index >= 15 is 0 Å². The molecule has 2 aromatic rings. The molecule has 2 saturated heterocycles. The molecule has 0 unspecified atom stereocenters. The second-order valence-corrected chi connectivity index (χ2v) is 9.75. The van der Waals surface area contributed by atoms with Crippen LogP contribution in [0, 0.1) is 0 Å². The van der Waals surface area contributed by atoms with E-state index in [9.17, 15) is 4.79 Å². The number of rotatable bonds is 4. The van der Waals surface area contributed by atoms with Crippen molar-refractivity contribution in [3.05, 3.63) is 59.7 Å². The first-order valence-corrected chi connectivity index (χ1v) is 11.9. The van der Waals surface area contributed by atoms with Gasteiger partial charge < -0.3 is 14.5 Å². The van der Waals surface area contributed by atoms with Crippen molar-refractivity contribution in [1.82, 2.24) is 4.90 Å². The average Bonchev–Trinajstić information content (AvgIpc) is 2.79. The summed E-state index contributed by atoms with van der Waals surface area (Å²) in [6.45, 7) is 3.21. The quantitative estimate of drug-likeness (QED) is 0.734. The van der Waals surface area contributed by atoms with Gasteiger partial charge in [-0.15, -0.1) is 23.5 Å². The average molecular weight is 415 g/mol. The van der Waals surface area contributed by atoms with Crippen LogP contribution in [0.15, 0.2) is 48.5 Å². The first-order chi connectivity index (χ1) is 13.7. The maximum atomic E-state index is 12.9. The van der Waals surface area contributed by atoms with Crippen molar-refractivity contribution in [1.29, 1.82) is 0 Å². The number of thioether (sulfide) groups is 2. The maximum absolute atomic E-state index is 12.9. The Hall–Kier alpha value is -1.79. The van der Waals surface area contributed by atoms with E-state index in [1.54, 1.807) is 7.11 Å². The molecule has 0 N–H and O–H groups in total. The molecule has 4 nitrogen and oxygen atoms in total. The lowest BCUT2D eigenvalue weighted by Crippen LogP contribution is -2.48. The summed E-state index contributed by atoms with van der Waals surface area (Å²) in [5.41, 5.74) is 3.31. The highest BCUT2D eigenvalue weighted by Gasteiger charge is 2.23. The van der Waals surface area contributed by atoms with Crippen LogP contribution in [0.3, 0.4) is 0 Å². The highest BCUT2D eigenvalue weighted by atomic mass is 32.2. The van der Waals surface area contributed by atoms with Crippen LogP contribution in [-0.4, -0.2) is 55.6 Å². The monoisotopic (exact) mass is 414 g/mol. The van der Waals surface area contributed by atoms with Crippen LogP contribution in [0.5, 0.6) is 5.75 Å². The summed E-state index contributed by atoms with van der Waals surface area (Å²) in [4.78, 5) is 17.2. The third-order valence-electron chi connectivity index (χ3n) is 5.26. The van der Waals surface area contributed by atoms with Crippen molar-refractivity contribution in [2.75, 3.05) is 49.7 Å². The van der Waals surface area contributed by atoms with Gasteiger partial charge in [0.2, 0.25) is 0 Å². The smallest absolute Gasteiger partial charge is 0.253 e. The van der Waals surface area contributed by atoms with E-state index in [1.807, 2.05) is 52.7 Å². The molecular weight excluding hydrogens is 388 g/mol. The Morgan fingerprint density at radius 2 is 1.57 bits per heavy atom. The molecule has 28 heavy (non-hydrogen) atoms. The van der Waals surface area contributed by atoms with Gasteiger partial charge >= 0.3 is 0 Å². The molecule has 2 heterocycles. The molecule has 2 fully saturated rings. The van der Waals surface area contributed by atoms with Gasteiger partial charge in [0.1, 0.15) is 5.75 Å². The molecule has 2 aliphatic rings. The van der Waals surface area contributed by atoms with E-state index in [4.69, 9.17) is 4.74 Å². The number of ether oxygens (including phenoxy) is 1. The maximum Gasteiger partial charge on any atom is 0.253 e. The zero-order valence-corrected chi connectivity index (χ0v) is 17.8. The number of carbonyl (C=O) groups excluding carboxylic acids is 1. The molecule has 0 aliphatic carbocycles. The summed E-state index contributed by atoms with van der Waals surface area (Å²) in [6, 6.07) is 16.4. The molecule has 4 rings (SSSR count). The summed E-state index contributed by atoms with van der Waals surface area (Å²) in [5.74, 6) is 3.48. The van der Waals surface area contributed by atoms with Gasteiger partial charge in [-0.3, -0.25) is 4.79 Å². The first kappa shape index (κ1) is 19.5. The zero-order valence-electron chi connectivity index (χ0n) is 16.2. The summed E-state index contributed by atoms with van der Waals surface area (Å²) in [5, 5.41) is 0. The fraction of sp³-hybridized carbons (Fsp3) is 0.409. The lowest BCUT2D eigenvalue weighted by molar-refractivity contribution is 0.0747.